The molecule has 0 aromatic carbocycles. The van der Waals surface area contributed by atoms with Gasteiger partial charge in [0.25, 0.3) is 0 Å². The van der Waals surface area contributed by atoms with Gasteiger partial charge in [-0.1, -0.05) is 374 Å². The Balaban J connectivity index is 0.000000810. The highest BCUT2D eigenvalue weighted by Crippen LogP contribution is 2.33. The highest BCUT2D eigenvalue weighted by molar-refractivity contribution is 5.20. The lowest BCUT2D eigenvalue weighted by Crippen LogP contribution is -2.16. The fraction of sp³-hybridized carbons (Fsp3) is 0.714. The molecular formula is C126H216N18. The molecule has 810 valence electrons. The van der Waals surface area contributed by atoms with Crippen LogP contribution in [0.15, 0.2) is 111 Å². The predicted molar refractivity (Wildman–Crippen MR) is 616 cm³/mol. The molecule has 0 atom stereocenters. The fourth-order valence-electron chi connectivity index (χ4n) is 14.5. The van der Waals surface area contributed by atoms with Gasteiger partial charge in [-0.3, -0.25) is 19.9 Å². The lowest BCUT2D eigenvalue weighted by Gasteiger charge is -2.20. The van der Waals surface area contributed by atoms with E-state index in [1.54, 1.807) is 6.33 Å². The van der Waals surface area contributed by atoms with E-state index < -0.39 is 0 Å². The highest BCUT2D eigenvalue weighted by Gasteiger charge is 2.27. The standard InChI is InChI=1S/9C14H24N2/c1-13(2,3)7-11-9-15-10-12(16-11)8-14(4,5)6;1-13(2,3)8-11-7-12(16-10-15-11)9-14(4,5)6;2*1-13(2,3)8-11-7-12(16-15-10-11)9-14(4,5)6;2*1-13(2,3)9-11-7-8-15-12(16-11)10-14(4,5)6;1-13(2,3)8-7-11-9-16-12(10-15-11)14(4,5)6;1-13(2,3)8-7-11-9-15-12(16-10-11)14(4,5)6;1-13(2,3)10-9-11-7-8-12(16-15-11)14(4,5)6/h9-10H,7-8H2,1-6H3;3*7,10H,8-9H2,1-6H3;2*7-8H,9-10H2,1-6H3;2*9-10H,7-8H2,1-6H3;7-8H,9-10H2,1-6H3. The van der Waals surface area contributed by atoms with Crippen LogP contribution in [0.4, 0.5) is 0 Å². The third-order valence-electron chi connectivity index (χ3n) is 20.9. The molecule has 18 heteroatoms. The van der Waals surface area contributed by atoms with Crippen LogP contribution < -0.4 is 0 Å². The van der Waals surface area contributed by atoms with E-state index in [2.05, 4.69) is 495 Å². The van der Waals surface area contributed by atoms with Crippen molar-refractivity contribution < 1.29 is 0 Å². The van der Waals surface area contributed by atoms with Gasteiger partial charge in [0, 0.05) is 101 Å². The van der Waals surface area contributed by atoms with Crippen LogP contribution in [-0.2, 0) is 113 Å². The van der Waals surface area contributed by atoms with Crippen molar-refractivity contribution in [1.29, 1.82) is 0 Å². The maximum atomic E-state index is 4.68. The molecule has 0 unspecified atom stereocenters. The smallest absolute Gasteiger partial charge is 0.133 e. The van der Waals surface area contributed by atoms with Gasteiger partial charge in [-0.25, -0.2) is 39.9 Å². The molecule has 9 aromatic rings. The summed E-state index contributed by atoms with van der Waals surface area (Å²) in [7, 11) is 0. The van der Waals surface area contributed by atoms with E-state index in [9.17, 15) is 0 Å². The molecule has 18 nitrogen and oxygen atoms in total. The Labute approximate surface area is 885 Å². The van der Waals surface area contributed by atoms with Crippen molar-refractivity contribution in [2.75, 3.05) is 0 Å². The number of hydrogen-bond acceptors (Lipinski definition) is 18. The van der Waals surface area contributed by atoms with Crippen LogP contribution in [0.3, 0.4) is 0 Å². The molecule has 0 aliphatic heterocycles. The van der Waals surface area contributed by atoms with E-state index in [4.69, 9.17) is 0 Å². The summed E-state index contributed by atoms with van der Waals surface area (Å²) in [6.45, 7) is 120. The van der Waals surface area contributed by atoms with Crippen molar-refractivity contribution in [3.63, 3.8) is 0 Å². The predicted octanol–water partition coefficient (Wildman–Crippen LogP) is 33.2. The summed E-state index contributed by atoms with van der Waals surface area (Å²) < 4.78 is 0. The molecule has 0 fully saturated rings. The zero-order chi connectivity index (χ0) is 112. The largest absolute Gasteiger partial charge is 0.261 e. The normalized spacial score (nSPS) is 12.9. The van der Waals surface area contributed by atoms with Crippen LogP contribution in [-0.4, -0.2) is 90.4 Å². The number of nitrogens with zero attached hydrogens (tertiary/aromatic N) is 18. The summed E-state index contributed by atoms with van der Waals surface area (Å²) in [4.78, 5) is 53.5. The highest BCUT2D eigenvalue weighted by atomic mass is 15.1. The van der Waals surface area contributed by atoms with Crippen molar-refractivity contribution in [3.8, 4) is 0 Å². The Morgan fingerprint density at radius 1 is 0.188 bits per heavy atom. The molecule has 0 aliphatic carbocycles. The van der Waals surface area contributed by atoms with Gasteiger partial charge in [-0.05, 0) is 243 Å². The first kappa shape index (κ1) is 134. The van der Waals surface area contributed by atoms with Crippen LogP contribution in [0.2, 0.25) is 0 Å². The Morgan fingerprint density at radius 2 is 0.507 bits per heavy atom. The number of aryl methyl sites for hydroxylation is 3. The van der Waals surface area contributed by atoms with Gasteiger partial charge in [0.1, 0.15) is 23.8 Å². The Hall–Kier alpha value is -8.28. The Bertz CT molecular complexity index is 4160. The van der Waals surface area contributed by atoms with Crippen molar-refractivity contribution in [2.45, 2.75) is 506 Å². The van der Waals surface area contributed by atoms with Crippen molar-refractivity contribution in [1.82, 2.24) is 90.4 Å². The summed E-state index contributed by atoms with van der Waals surface area (Å²) in [6, 6.07) is 14.8. The summed E-state index contributed by atoms with van der Waals surface area (Å²) in [5.41, 5.74) is 21.9. The first-order chi connectivity index (χ1) is 64.5. The molecule has 9 rings (SSSR count). The first-order valence-corrected chi connectivity index (χ1v) is 53.8. The van der Waals surface area contributed by atoms with Gasteiger partial charge >= 0.3 is 0 Å². The van der Waals surface area contributed by atoms with E-state index in [1.807, 2.05) is 74.1 Å². The minimum Gasteiger partial charge on any atom is -0.261 e. The SMILES string of the molecule is CC(C)(C)CCc1ccc(C(C)(C)C)nn1.CC(C)(C)CCc1cnc(C(C)(C)C)cn1.CC(C)(C)CCc1cnc(C(C)(C)C)nc1.CC(C)(C)Cc1cc(CC(C)(C)C)ncn1.CC(C)(C)Cc1ccnc(CC(C)(C)C)n1.CC(C)(C)Cc1ccnc(CC(C)(C)C)n1.CC(C)(C)Cc1cncc(CC(C)(C)C)n1.CC(C)(C)Cc1cnnc(CC(C)(C)C)c1.CC(C)(C)Cc1cnnc(CC(C)(C)C)c1. The van der Waals surface area contributed by atoms with Crippen LogP contribution >= 0.6 is 0 Å². The first-order valence-electron chi connectivity index (χ1n) is 53.8. The Morgan fingerprint density at radius 3 is 0.806 bits per heavy atom. The summed E-state index contributed by atoms with van der Waals surface area (Å²) in [6.07, 6.45) is 39.3. The minimum atomic E-state index is 0.0442. The quantitative estimate of drug-likeness (QED) is 0.0777. The molecule has 0 bridgehead atoms. The molecular weight excluding hydrogens is 1770 g/mol. The third kappa shape index (κ3) is 74.6. The molecule has 0 spiro atoms. The van der Waals surface area contributed by atoms with E-state index in [-0.39, 0.29) is 70.4 Å². The molecule has 0 saturated heterocycles. The fourth-order valence-corrected chi connectivity index (χ4v) is 14.5. The molecule has 0 amide bonds. The lowest BCUT2D eigenvalue weighted by molar-refractivity contribution is 0.375. The van der Waals surface area contributed by atoms with Crippen molar-refractivity contribution >= 4 is 0 Å². The van der Waals surface area contributed by atoms with Crippen LogP contribution in [0, 0.1) is 81.2 Å². The maximum Gasteiger partial charge on any atom is 0.133 e. The molecule has 0 aliphatic rings. The second-order valence-corrected chi connectivity index (χ2v) is 62.0. The van der Waals surface area contributed by atoms with Crippen LogP contribution in [0.5, 0.6) is 0 Å². The summed E-state index contributed by atoms with van der Waals surface area (Å²) in [5, 5.41) is 25.2. The van der Waals surface area contributed by atoms with Gasteiger partial charge in [-0.2, -0.15) is 30.6 Å². The zero-order valence-electron chi connectivity index (χ0n) is 103. The van der Waals surface area contributed by atoms with Gasteiger partial charge in [0.2, 0.25) is 0 Å². The summed E-state index contributed by atoms with van der Waals surface area (Å²) >= 11 is 0. The van der Waals surface area contributed by atoms with E-state index in [1.165, 1.54) is 23.1 Å². The van der Waals surface area contributed by atoms with Crippen molar-refractivity contribution in [2.24, 2.45) is 81.2 Å². The molecule has 0 saturated carbocycles. The third-order valence-corrected chi connectivity index (χ3v) is 20.9. The maximum absolute atomic E-state index is 4.68. The average Bonchev–Trinajstić information content (AvgIpc) is 0.848. The zero-order valence-corrected chi connectivity index (χ0v) is 103. The van der Waals surface area contributed by atoms with E-state index in [0.717, 1.165) is 195 Å². The monoisotopic (exact) mass is 1980 g/mol. The van der Waals surface area contributed by atoms with Gasteiger partial charge in [0.15, 0.2) is 0 Å². The van der Waals surface area contributed by atoms with Crippen LogP contribution in [0.1, 0.15) is 496 Å². The van der Waals surface area contributed by atoms with Gasteiger partial charge in [-0.15, -0.1) is 0 Å². The Kier molecular flexibility index (Phi) is 51.8. The topological polar surface area (TPSA) is 232 Å². The second kappa shape index (κ2) is 55.8. The summed E-state index contributed by atoms with van der Waals surface area (Å²) in [5.74, 6) is 2.86. The molecule has 144 heavy (non-hydrogen) atoms. The molecule has 9 heterocycles. The van der Waals surface area contributed by atoms with Gasteiger partial charge < -0.3 is 0 Å². The lowest BCUT2D eigenvalue weighted by atomic mass is 9.87. The second-order valence-electron chi connectivity index (χ2n) is 62.0. The minimum absolute atomic E-state index is 0.0442. The van der Waals surface area contributed by atoms with E-state index in [0.29, 0.717) is 27.1 Å². The number of rotatable bonds is 18. The number of aromatic nitrogens is 18. The number of hydrogen-bond donors (Lipinski definition) is 0. The molecule has 9 aromatic heterocycles. The van der Waals surface area contributed by atoms with E-state index >= 15 is 0 Å². The average molecular weight is 1980 g/mol. The van der Waals surface area contributed by atoms with Gasteiger partial charge in [0.05, 0.1) is 57.9 Å². The van der Waals surface area contributed by atoms with Crippen LogP contribution in [0.25, 0.3) is 0 Å². The molecule has 0 radical (unpaired) electrons. The molecule has 0 N–H and O–H groups in total. The van der Waals surface area contributed by atoms with Crippen molar-refractivity contribution in [3.05, 3.63) is 213 Å².